The van der Waals surface area contributed by atoms with E-state index >= 15 is 0 Å². The van der Waals surface area contributed by atoms with Crippen molar-refractivity contribution in [2.24, 2.45) is 0 Å². The Hall–Kier alpha value is -3.58. The Balaban J connectivity index is 1.71. The van der Waals surface area contributed by atoms with E-state index in [1.54, 1.807) is 36.4 Å². The summed E-state index contributed by atoms with van der Waals surface area (Å²) in [5.74, 6) is -0.842. The van der Waals surface area contributed by atoms with Crippen molar-refractivity contribution in [1.82, 2.24) is 9.88 Å². The molecule has 2 aromatic carbocycles. The third-order valence-electron chi connectivity index (χ3n) is 5.58. The lowest BCUT2D eigenvalue weighted by Crippen LogP contribution is -2.36. The van der Waals surface area contributed by atoms with E-state index in [9.17, 15) is 14.7 Å². The van der Waals surface area contributed by atoms with Crippen LogP contribution in [0.25, 0.3) is 5.76 Å². The highest BCUT2D eigenvalue weighted by atomic mass is 35.5. The highest BCUT2D eigenvalue weighted by molar-refractivity contribution is 6.46. The summed E-state index contributed by atoms with van der Waals surface area (Å²) in [6, 6.07) is 13.1. The number of hydrogen-bond acceptors (Lipinski definition) is 4. The van der Waals surface area contributed by atoms with Crippen LogP contribution in [-0.4, -0.2) is 39.8 Å². The lowest BCUT2D eigenvalue weighted by molar-refractivity contribution is -0.695. The van der Waals surface area contributed by atoms with Gasteiger partial charge in [-0.3, -0.25) is 14.6 Å². The number of aryl methyl sites for hydroxylation is 1. The molecule has 0 saturated carbocycles. The second-order valence-corrected chi connectivity index (χ2v) is 8.14. The van der Waals surface area contributed by atoms with E-state index in [1.165, 1.54) is 4.90 Å². The number of carbonyl (C=O) groups is 2. The van der Waals surface area contributed by atoms with Crippen LogP contribution in [0.1, 0.15) is 30.5 Å². The number of likely N-dealkylation sites (tertiary alicyclic amines) is 1. The minimum Gasteiger partial charge on any atom is -0.507 e. The van der Waals surface area contributed by atoms with Crippen molar-refractivity contribution in [3.8, 4) is 5.75 Å². The van der Waals surface area contributed by atoms with E-state index in [-0.39, 0.29) is 11.3 Å². The van der Waals surface area contributed by atoms with Gasteiger partial charge in [0.1, 0.15) is 23.9 Å². The maximum absolute atomic E-state index is 13.1. The highest BCUT2D eigenvalue weighted by Gasteiger charge is 2.45. The third-order valence-corrected chi connectivity index (χ3v) is 5.83. The predicted octanol–water partition coefficient (Wildman–Crippen LogP) is 3.87. The number of aromatic nitrogens is 2. The summed E-state index contributed by atoms with van der Waals surface area (Å²) in [4.78, 5) is 30.6. The number of H-pyrrole nitrogens is 1. The number of ether oxygens (including phenoxy) is 1. The molecule has 33 heavy (non-hydrogen) atoms. The Bertz CT molecular complexity index is 1160. The molecule has 170 valence electrons. The van der Waals surface area contributed by atoms with Crippen LogP contribution in [0.4, 0.5) is 0 Å². The second kappa shape index (κ2) is 9.92. The summed E-state index contributed by atoms with van der Waals surface area (Å²) < 4.78 is 7.49. The van der Waals surface area contributed by atoms with Crippen LogP contribution in [0.15, 0.2) is 72.8 Å². The fourth-order valence-electron chi connectivity index (χ4n) is 4.02. The fraction of sp³-hybridized carbons (Fsp3) is 0.240. The fourth-order valence-corrected chi connectivity index (χ4v) is 4.14. The molecule has 1 amide bonds. The number of aliphatic hydroxyl groups is 1. The van der Waals surface area contributed by atoms with Gasteiger partial charge in [-0.15, -0.1) is 0 Å². The molecule has 2 heterocycles. The topological polar surface area (TPSA) is 86.5 Å². The van der Waals surface area contributed by atoms with Gasteiger partial charge in [0.25, 0.3) is 11.7 Å². The molecule has 8 heteroatoms. The lowest BCUT2D eigenvalue weighted by atomic mass is 9.95. The molecule has 2 N–H and O–H groups in total. The number of carbonyl (C=O) groups excluding carboxylic acids is 2. The average Bonchev–Trinajstić information content (AvgIpc) is 3.42. The quantitative estimate of drug-likeness (QED) is 0.228. The van der Waals surface area contributed by atoms with Crippen molar-refractivity contribution in [2.45, 2.75) is 25.9 Å². The van der Waals surface area contributed by atoms with Crippen LogP contribution in [0.5, 0.6) is 5.75 Å². The van der Waals surface area contributed by atoms with E-state index in [4.69, 9.17) is 16.3 Å². The Morgan fingerprint density at radius 1 is 1.15 bits per heavy atom. The minimum absolute atomic E-state index is 0.0702. The van der Waals surface area contributed by atoms with Crippen LogP contribution in [0.3, 0.4) is 0 Å². The smallest absolute Gasteiger partial charge is 0.295 e. The van der Waals surface area contributed by atoms with Gasteiger partial charge >= 0.3 is 0 Å². The van der Waals surface area contributed by atoms with Gasteiger partial charge in [0, 0.05) is 23.6 Å². The summed E-state index contributed by atoms with van der Waals surface area (Å²) in [5.41, 5.74) is 1.22. The number of imidazole rings is 1. The molecule has 1 unspecified atom stereocenters. The number of Topliss-reactive ketones (excluding diaryl/α,β-unsaturated/α-hetero) is 1. The number of nitrogens with zero attached hydrogens (tertiary/aromatic N) is 2. The molecular formula is C25H25ClN3O4+. The SMILES string of the molecule is CCOc1ccc(C2/C(=C(\O)c3ccc(Cl)cc3)C(=O)C(=O)N2CCC[n+]2cc[nH]c2)cc1. The van der Waals surface area contributed by atoms with Crippen molar-refractivity contribution in [3.05, 3.63) is 89.0 Å². The minimum atomic E-state index is -0.701. The molecule has 0 radical (unpaired) electrons. The Kier molecular flexibility index (Phi) is 6.79. The molecule has 4 rings (SSSR count). The van der Waals surface area contributed by atoms with Gasteiger partial charge < -0.3 is 14.7 Å². The third kappa shape index (κ3) is 4.78. The number of rotatable bonds is 8. The predicted molar refractivity (Wildman–Crippen MR) is 124 cm³/mol. The number of aromatic amines is 1. The summed E-state index contributed by atoms with van der Waals surface area (Å²) in [7, 11) is 0. The van der Waals surface area contributed by atoms with Crippen molar-refractivity contribution in [3.63, 3.8) is 0 Å². The van der Waals surface area contributed by atoms with Crippen LogP contribution in [0, 0.1) is 0 Å². The van der Waals surface area contributed by atoms with Crippen molar-refractivity contribution >= 4 is 29.1 Å². The van der Waals surface area contributed by atoms with E-state index in [0.717, 1.165) is 5.56 Å². The first-order valence-corrected chi connectivity index (χ1v) is 11.2. The zero-order valence-corrected chi connectivity index (χ0v) is 19.0. The zero-order valence-electron chi connectivity index (χ0n) is 18.2. The second-order valence-electron chi connectivity index (χ2n) is 7.70. The van der Waals surface area contributed by atoms with Crippen LogP contribution < -0.4 is 9.30 Å². The van der Waals surface area contributed by atoms with Gasteiger partial charge in [0.2, 0.25) is 6.33 Å². The first kappa shape index (κ1) is 22.6. The number of nitrogens with one attached hydrogen (secondary N) is 1. The monoisotopic (exact) mass is 466 g/mol. The van der Waals surface area contributed by atoms with Crippen LogP contribution in [-0.2, 0) is 16.1 Å². The van der Waals surface area contributed by atoms with Gasteiger partial charge in [-0.05, 0) is 48.9 Å². The van der Waals surface area contributed by atoms with Gasteiger partial charge in [0.05, 0.1) is 24.8 Å². The number of ketones is 1. The number of aliphatic hydroxyl groups excluding tert-OH is 1. The van der Waals surface area contributed by atoms with E-state index in [2.05, 4.69) is 4.98 Å². The molecule has 3 aromatic rings. The molecule has 1 aromatic heterocycles. The summed E-state index contributed by atoms with van der Waals surface area (Å²) in [6.45, 7) is 3.47. The summed E-state index contributed by atoms with van der Waals surface area (Å²) in [5, 5.41) is 11.6. The van der Waals surface area contributed by atoms with E-state index in [0.29, 0.717) is 42.5 Å². The molecule has 1 saturated heterocycles. The summed E-state index contributed by atoms with van der Waals surface area (Å²) in [6.07, 6.45) is 6.19. The molecule has 0 spiro atoms. The van der Waals surface area contributed by atoms with Crippen molar-refractivity contribution in [1.29, 1.82) is 0 Å². The van der Waals surface area contributed by atoms with Gasteiger partial charge in [-0.1, -0.05) is 23.7 Å². The molecule has 0 bridgehead atoms. The highest BCUT2D eigenvalue weighted by Crippen LogP contribution is 2.40. The Labute approximate surface area is 196 Å². The number of benzene rings is 2. The average molecular weight is 467 g/mol. The van der Waals surface area contributed by atoms with Crippen LogP contribution in [0.2, 0.25) is 5.02 Å². The van der Waals surface area contributed by atoms with Gasteiger partial charge in [0.15, 0.2) is 0 Å². The van der Waals surface area contributed by atoms with Gasteiger partial charge in [-0.2, -0.15) is 0 Å². The van der Waals surface area contributed by atoms with Gasteiger partial charge in [-0.25, -0.2) is 4.57 Å². The molecular weight excluding hydrogens is 442 g/mol. The normalized spacial score (nSPS) is 17.5. The first-order chi connectivity index (χ1) is 16.0. The zero-order chi connectivity index (χ0) is 23.4. The molecule has 7 nitrogen and oxygen atoms in total. The summed E-state index contributed by atoms with van der Waals surface area (Å²) >= 11 is 5.97. The van der Waals surface area contributed by atoms with E-state index < -0.39 is 17.7 Å². The standard InChI is InChI=1S/C25H24ClN3O4/c1-2-33-20-10-6-17(7-11-20)22-21(23(30)18-4-8-19(26)9-5-18)24(31)25(32)29(22)14-3-13-28-15-12-27-16-28/h4-12,15-16,22H,2-3,13-14H2,1H3,(H,30,31)/p+1. The van der Waals surface area contributed by atoms with Crippen LogP contribution >= 0.6 is 11.6 Å². The molecule has 1 fully saturated rings. The number of halogens is 1. The molecule has 0 aliphatic carbocycles. The molecule has 1 atom stereocenters. The Morgan fingerprint density at radius 2 is 1.88 bits per heavy atom. The van der Waals surface area contributed by atoms with Crippen molar-refractivity contribution < 1.29 is 24.0 Å². The molecule has 1 aliphatic rings. The maximum atomic E-state index is 13.1. The maximum Gasteiger partial charge on any atom is 0.295 e. The lowest BCUT2D eigenvalue weighted by Gasteiger charge is -2.25. The number of amides is 1. The number of hydrogen-bond donors (Lipinski definition) is 2. The van der Waals surface area contributed by atoms with E-state index in [1.807, 2.05) is 42.3 Å². The van der Waals surface area contributed by atoms with Crippen molar-refractivity contribution in [2.75, 3.05) is 13.2 Å². The molecule has 1 aliphatic heterocycles. The first-order valence-electron chi connectivity index (χ1n) is 10.8. The largest absolute Gasteiger partial charge is 0.507 e. The Morgan fingerprint density at radius 3 is 2.52 bits per heavy atom.